The lowest BCUT2D eigenvalue weighted by molar-refractivity contribution is 0.456. The minimum absolute atomic E-state index is 0.588. The van der Waals surface area contributed by atoms with Crippen LogP contribution in [0.2, 0.25) is 0 Å². The zero-order chi connectivity index (χ0) is 12.9. The van der Waals surface area contributed by atoms with Crippen molar-refractivity contribution in [1.82, 2.24) is 5.32 Å². The van der Waals surface area contributed by atoms with E-state index in [9.17, 15) is 0 Å². The van der Waals surface area contributed by atoms with Crippen molar-refractivity contribution < 1.29 is 0 Å². The van der Waals surface area contributed by atoms with Gasteiger partial charge in [0.1, 0.15) is 5.84 Å². The molecule has 0 atom stereocenters. The van der Waals surface area contributed by atoms with Gasteiger partial charge in [-0.05, 0) is 25.0 Å². The van der Waals surface area contributed by atoms with Crippen LogP contribution in [0, 0.1) is 5.92 Å². The first kappa shape index (κ1) is 12.7. The minimum atomic E-state index is 0.588. The lowest BCUT2D eigenvalue weighted by atomic mass is 9.91. The molecular weight excluding hydrogens is 232 g/mol. The number of fused-ring (bicyclic) bond motifs is 1. The molecule has 101 valence electrons. The highest BCUT2D eigenvalue weighted by molar-refractivity contribution is 5.97. The van der Waals surface area contributed by atoms with Crippen molar-refractivity contribution in [3.05, 3.63) is 24.3 Å². The van der Waals surface area contributed by atoms with Gasteiger partial charge in [0.25, 0.3) is 0 Å². The molecule has 1 aromatic rings. The second-order valence-electron chi connectivity index (χ2n) is 5.82. The van der Waals surface area contributed by atoms with E-state index in [2.05, 4.69) is 12.1 Å². The molecule has 0 spiro atoms. The molecule has 0 amide bonds. The Morgan fingerprint density at radius 2 is 1.32 bits per heavy atom. The molecule has 1 aromatic carbocycles. The highest BCUT2D eigenvalue weighted by Gasteiger charge is 2.23. The molecular formula is C17H23N2. The molecule has 0 N–H and O–H groups in total. The van der Waals surface area contributed by atoms with Crippen molar-refractivity contribution in [3.63, 3.8) is 0 Å². The highest BCUT2D eigenvalue weighted by atomic mass is 15.1. The summed E-state index contributed by atoms with van der Waals surface area (Å²) in [6.45, 7) is 0. The van der Waals surface area contributed by atoms with E-state index in [0.717, 1.165) is 17.2 Å². The number of aliphatic imine (C=N–C) groups is 1. The van der Waals surface area contributed by atoms with Crippen LogP contribution in [0.15, 0.2) is 29.3 Å². The summed E-state index contributed by atoms with van der Waals surface area (Å²) in [6.07, 6.45) is 12.3. The van der Waals surface area contributed by atoms with Gasteiger partial charge in [0, 0.05) is 5.92 Å². The van der Waals surface area contributed by atoms with E-state index in [1.807, 2.05) is 12.1 Å². The molecule has 0 saturated heterocycles. The van der Waals surface area contributed by atoms with Gasteiger partial charge in [0.2, 0.25) is 0 Å². The first-order valence-corrected chi connectivity index (χ1v) is 7.83. The van der Waals surface area contributed by atoms with Crippen LogP contribution in [-0.2, 0) is 0 Å². The summed E-state index contributed by atoms with van der Waals surface area (Å²) in [4.78, 5) is 4.75. The van der Waals surface area contributed by atoms with Crippen molar-refractivity contribution in [2.75, 3.05) is 0 Å². The summed E-state index contributed by atoms with van der Waals surface area (Å²) in [5.74, 6) is 1.69. The van der Waals surface area contributed by atoms with Crippen LogP contribution >= 0.6 is 0 Å². The van der Waals surface area contributed by atoms with Crippen molar-refractivity contribution in [1.29, 1.82) is 0 Å². The molecule has 1 aliphatic carbocycles. The summed E-state index contributed by atoms with van der Waals surface area (Å²) in [7, 11) is 0. The molecule has 1 heterocycles. The lowest BCUT2D eigenvalue weighted by Gasteiger charge is -2.17. The van der Waals surface area contributed by atoms with E-state index in [1.54, 1.807) is 0 Å². The van der Waals surface area contributed by atoms with E-state index in [4.69, 9.17) is 10.3 Å². The third-order valence-corrected chi connectivity index (χ3v) is 4.32. The monoisotopic (exact) mass is 255 g/mol. The fourth-order valence-corrected chi connectivity index (χ4v) is 3.18. The van der Waals surface area contributed by atoms with Crippen LogP contribution in [0.1, 0.15) is 57.8 Å². The molecule has 3 rings (SSSR count). The molecule has 19 heavy (non-hydrogen) atoms. The Labute approximate surface area is 116 Å². The minimum Gasteiger partial charge on any atom is -0.231 e. The maximum Gasteiger partial charge on any atom is 0.132 e. The predicted octanol–water partition coefficient (Wildman–Crippen LogP) is 5.11. The van der Waals surface area contributed by atoms with E-state index in [1.165, 1.54) is 57.8 Å². The molecule has 1 radical (unpaired) electrons. The highest BCUT2D eigenvalue weighted by Crippen LogP contribution is 2.34. The maximum atomic E-state index is 4.75. The van der Waals surface area contributed by atoms with Crippen molar-refractivity contribution in [2.24, 2.45) is 10.9 Å². The Morgan fingerprint density at radius 3 is 1.95 bits per heavy atom. The fourth-order valence-electron chi connectivity index (χ4n) is 3.18. The van der Waals surface area contributed by atoms with Crippen molar-refractivity contribution in [3.8, 4) is 0 Å². The van der Waals surface area contributed by atoms with Crippen LogP contribution < -0.4 is 5.32 Å². The Kier molecular flexibility index (Phi) is 4.16. The summed E-state index contributed by atoms with van der Waals surface area (Å²) in [5, 5.41) is 4.75. The summed E-state index contributed by atoms with van der Waals surface area (Å²) < 4.78 is 0. The number of hydrogen-bond donors (Lipinski definition) is 0. The summed E-state index contributed by atoms with van der Waals surface area (Å²) in [6, 6.07) is 8.25. The third-order valence-electron chi connectivity index (χ3n) is 4.32. The molecule has 0 unspecified atom stereocenters. The van der Waals surface area contributed by atoms with Gasteiger partial charge in [0.05, 0.1) is 11.4 Å². The van der Waals surface area contributed by atoms with Crippen molar-refractivity contribution in [2.45, 2.75) is 57.8 Å². The lowest BCUT2D eigenvalue weighted by Crippen LogP contribution is -2.20. The Bertz CT molecular complexity index is 440. The number of benzene rings is 1. The fraction of sp³-hybridized carbons (Fsp3) is 0.588. The van der Waals surface area contributed by atoms with Gasteiger partial charge in [-0.25, -0.2) is 10.3 Å². The maximum absolute atomic E-state index is 4.75. The number of hydrogen-bond acceptors (Lipinski definition) is 1. The van der Waals surface area contributed by atoms with Gasteiger partial charge in [0.15, 0.2) is 0 Å². The van der Waals surface area contributed by atoms with Crippen LogP contribution in [0.3, 0.4) is 0 Å². The Morgan fingerprint density at radius 1 is 0.737 bits per heavy atom. The average Bonchev–Trinajstić information content (AvgIpc) is 2.88. The quantitative estimate of drug-likeness (QED) is 0.667. The predicted molar refractivity (Wildman–Crippen MR) is 80.4 cm³/mol. The Hall–Kier alpha value is -1.31. The topological polar surface area (TPSA) is 26.5 Å². The van der Waals surface area contributed by atoms with E-state index < -0.39 is 0 Å². The summed E-state index contributed by atoms with van der Waals surface area (Å²) in [5.41, 5.74) is 2.13. The van der Waals surface area contributed by atoms with E-state index in [-0.39, 0.29) is 0 Å². The van der Waals surface area contributed by atoms with Gasteiger partial charge in [-0.2, -0.15) is 0 Å². The normalized spacial score (nSPS) is 21.4. The Balaban J connectivity index is 1.67. The SMILES string of the molecule is c1ccc2c(c1)[N]C(C1CCCCCCCCC1)=N2. The number of amidine groups is 1. The molecule has 2 heteroatoms. The molecule has 1 saturated carbocycles. The van der Waals surface area contributed by atoms with Gasteiger partial charge in [-0.1, -0.05) is 57.1 Å². The zero-order valence-electron chi connectivity index (χ0n) is 11.6. The number of nitrogens with zero attached hydrogens (tertiary/aromatic N) is 2. The first-order valence-electron chi connectivity index (χ1n) is 7.83. The molecule has 2 aliphatic rings. The first-order chi connectivity index (χ1) is 9.43. The second kappa shape index (κ2) is 6.23. The average molecular weight is 255 g/mol. The standard InChI is InChI=1S/C17H23N2/c1-2-4-6-10-14(11-7-5-3-1)17-18-15-12-8-9-13-16(15)19-17/h8-9,12-14H,1-7,10-11H2. The van der Waals surface area contributed by atoms with Gasteiger partial charge < -0.3 is 0 Å². The van der Waals surface area contributed by atoms with Crippen LogP contribution in [-0.4, -0.2) is 5.84 Å². The molecule has 0 aromatic heterocycles. The zero-order valence-corrected chi connectivity index (χ0v) is 11.6. The molecule has 0 bridgehead atoms. The van der Waals surface area contributed by atoms with Gasteiger partial charge in [-0.15, -0.1) is 0 Å². The van der Waals surface area contributed by atoms with Gasteiger partial charge in [-0.3, -0.25) is 0 Å². The van der Waals surface area contributed by atoms with Crippen LogP contribution in [0.25, 0.3) is 0 Å². The van der Waals surface area contributed by atoms with Gasteiger partial charge >= 0.3 is 0 Å². The van der Waals surface area contributed by atoms with Crippen LogP contribution in [0.5, 0.6) is 0 Å². The largest absolute Gasteiger partial charge is 0.231 e. The smallest absolute Gasteiger partial charge is 0.132 e. The van der Waals surface area contributed by atoms with E-state index >= 15 is 0 Å². The summed E-state index contributed by atoms with van der Waals surface area (Å²) >= 11 is 0. The van der Waals surface area contributed by atoms with Crippen LogP contribution in [0.4, 0.5) is 11.4 Å². The van der Waals surface area contributed by atoms with Crippen molar-refractivity contribution >= 4 is 17.2 Å². The molecule has 2 nitrogen and oxygen atoms in total. The molecule has 1 fully saturated rings. The third kappa shape index (κ3) is 3.17. The second-order valence-corrected chi connectivity index (χ2v) is 5.82. The number of para-hydroxylation sites is 2. The number of rotatable bonds is 1. The van der Waals surface area contributed by atoms with E-state index in [0.29, 0.717) is 5.92 Å². The molecule has 1 aliphatic heterocycles.